The molecule has 1 saturated heterocycles. The number of likely N-dealkylation sites (tertiary alicyclic amines) is 1. The lowest BCUT2D eigenvalue weighted by molar-refractivity contribution is -0.143. The van der Waals surface area contributed by atoms with Crippen molar-refractivity contribution in [3.63, 3.8) is 0 Å². The minimum absolute atomic E-state index is 0.146. The third-order valence-electron chi connectivity index (χ3n) is 5.17. The van der Waals surface area contributed by atoms with Gasteiger partial charge in [-0.15, -0.1) is 0 Å². The SMILES string of the molecule is O=C(O)[C@H]1CCCN([C@H]2N=CNc3c2nc2n3CCCCC2)C1. The maximum Gasteiger partial charge on any atom is 0.307 e. The summed E-state index contributed by atoms with van der Waals surface area (Å²) < 4.78 is 2.29. The molecular formula is C16H23N5O2. The standard InChI is InChI=1S/C16H23N5O2/c22-16(23)11-5-4-7-20(9-11)14-13-15(18-10-17-14)21-8-3-1-2-6-12(21)19-13/h10-11,14H,1-9H2,(H,17,18)(H,22,23)/t11-,14+/m0/s1. The van der Waals surface area contributed by atoms with Crippen molar-refractivity contribution in [2.75, 3.05) is 18.4 Å². The van der Waals surface area contributed by atoms with Crippen molar-refractivity contribution in [3.8, 4) is 0 Å². The average molecular weight is 317 g/mol. The third-order valence-corrected chi connectivity index (χ3v) is 5.17. The van der Waals surface area contributed by atoms with Crippen molar-refractivity contribution in [3.05, 3.63) is 11.5 Å². The molecule has 0 saturated carbocycles. The van der Waals surface area contributed by atoms with E-state index >= 15 is 0 Å². The minimum atomic E-state index is -0.701. The number of rotatable bonds is 2. The van der Waals surface area contributed by atoms with Gasteiger partial charge in [0.1, 0.15) is 17.3 Å². The van der Waals surface area contributed by atoms with Gasteiger partial charge >= 0.3 is 5.97 Å². The zero-order chi connectivity index (χ0) is 15.8. The summed E-state index contributed by atoms with van der Waals surface area (Å²) >= 11 is 0. The molecule has 4 rings (SSSR count). The molecule has 23 heavy (non-hydrogen) atoms. The number of aliphatic imine (C=N–C) groups is 1. The molecule has 0 bridgehead atoms. The third kappa shape index (κ3) is 2.63. The van der Waals surface area contributed by atoms with Gasteiger partial charge in [-0.25, -0.2) is 9.98 Å². The molecule has 2 N–H and O–H groups in total. The van der Waals surface area contributed by atoms with Crippen molar-refractivity contribution in [1.29, 1.82) is 0 Å². The van der Waals surface area contributed by atoms with Crippen LogP contribution in [0.3, 0.4) is 0 Å². The fraction of sp³-hybridized carbons (Fsp3) is 0.688. The molecule has 7 nitrogen and oxygen atoms in total. The van der Waals surface area contributed by atoms with Gasteiger partial charge in [0.25, 0.3) is 0 Å². The first-order valence-electron chi connectivity index (χ1n) is 8.58. The Kier molecular flexibility index (Phi) is 3.80. The quantitative estimate of drug-likeness (QED) is 0.870. The smallest absolute Gasteiger partial charge is 0.307 e. The van der Waals surface area contributed by atoms with Crippen LogP contribution in [0.15, 0.2) is 4.99 Å². The van der Waals surface area contributed by atoms with Crippen molar-refractivity contribution in [2.24, 2.45) is 10.9 Å². The van der Waals surface area contributed by atoms with Crippen LogP contribution in [0.25, 0.3) is 0 Å². The molecule has 3 aliphatic heterocycles. The van der Waals surface area contributed by atoms with E-state index in [4.69, 9.17) is 4.98 Å². The molecule has 1 fully saturated rings. The Morgan fingerprint density at radius 3 is 3.04 bits per heavy atom. The number of carbonyl (C=O) groups is 1. The van der Waals surface area contributed by atoms with Crippen LogP contribution in [0, 0.1) is 5.92 Å². The maximum absolute atomic E-state index is 11.3. The molecule has 0 amide bonds. The van der Waals surface area contributed by atoms with Crippen molar-refractivity contribution < 1.29 is 9.90 Å². The molecule has 3 aliphatic rings. The van der Waals surface area contributed by atoms with Crippen LogP contribution in [0.4, 0.5) is 5.82 Å². The summed E-state index contributed by atoms with van der Waals surface area (Å²) in [6.07, 6.45) is 7.90. The number of carboxylic acids is 1. The predicted molar refractivity (Wildman–Crippen MR) is 86.6 cm³/mol. The molecule has 2 atom stereocenters. The van der Waals surface area contributed by atoms with Crippen LogP contribution in [-0.2, 0) is 17.8 Å². The van der Waals surface area contributed by atoms with E-state index in [1.807, 2.05) is 0 Å². The molecular weight excluding hydrogens is 294 g/mol. The fourth-order valence-electron chi connectivity index (χ4n) is 3.95. The van der Waals surface area contributed by atoms with Crippen molar-refractivity contribution in [1.82, 2.24) is 14.5 Å². The van der Waals surface area contributed by atoms with Gasteiger partial charge in [-0.05, 0) is 25.7 Å². The van der Waals surface area contributed by atoms with Crippen LogP contribution in [-0.4, -0.2) is 45.0 Å². The van der Waals surface area contributed by atoms with Crippen LogP contribution in [0.2, 0.25) is 0 Å². The summed E-state index contributed by atoms with van der Waals surface area (Å²) in [5.41, 5.74) is 0.968. The van der Waals surface area contributed by atoms with Crippen LogP contribution in [0.1, 0.15) is 49.8 Å². The number of nitrogens with zero attached hydrogens (tertiary/aromatic N) is 4. The first-order valence-corrected chi connectivity index (χ1v) is 8.58. The highest BCUT2D eigenvalue weighted by Gasteiger charge is 2.35. The summed E-state index contributed by atoms with van der Waals surface area (Å²) in [6.45, 7) is 2.44. The second kappa shape index (κ2) is 5.96. The number of aryl methyl sites for hydroxylation is 1. The summed E-state index contributed by atoms with van der Waals surface area (Å²) in [6, 6.07) is 0. The number of hydrogen-bond acceptors (Lipinski definition) is 5. The number of fused-ring (bicyclic) bond motifs is 3. The number of aromatic nitrogens is 2. The summed E-state index contributed by atoms with van der Waals surface area (Å²) in [5.74, 6) is 1.20. The van der Waals surface area contributed by atoms with Gasteiger partial charge in [0.15, 0.2) is 6.17 Å². The summed E-state index contributed by atoms with van der Waals surface area (Å²) in [4.78, 5) is 23.0. The number of carboxylic acid groups (broad SMARTS) is 1. The predicted octanol–water partition coefficient (Wildman–Crippen LogP) is 1.86. The average Bonchev–Trinajstić information content (AvgIpc) is 2.76. The largest absolute Gasteiger partial charge is 0.481 e. The van der Waals surface area contributed by atoms with Gasteiger partial charge in [0.2, 0.25) is 0 Å². The summed E-state index contributed by atoms with van der Waals surface area (Å²) in [5, 5.41) is 12.6. The van der Waals surface area contributed by atoms with Crippen LogP contribution in [0.5, 0.6) is 0 Å². The first kappa shape index (κ1) is 14.7. The molecule has 0 spiro atoms. The molecule has 0 aromatic carbocycles. The van der Waals surface area contributed by atoms with Crippen molar-refractivity contribution in [2.45, 2.75) is 51.2 Å². The maximum atomic E-state index is 11.3. The van der Waals surface area contributed by atoms with Gasteiger partial charge < -0.3 is 15.0 Å². The highest BCUT2D eigenvalue weighted by Crippen LogP contribution is 2.35. The fourth-order valence-corrected chi connectivity index (χ4v) is 3.95. The molecule has 0 aliphatic carbocycles. The van der Waals surface area contributed by atoms with Gasteiger partial charge in [0.05, 0.1) is 12.3 Å². The van der Waals surface area contributed by atoms with Crippen molar-refractivity contribution >= 4 is 18.1 Å². The minimum Gasteiger partial charge on any atom is -0.481 e. The monoisotopic (exact) mass is 317 g/mol. The van der Waals surface area contributed by atoms with E-state index in [-0.39, 0.29) is 12.1 Å². The number of nitrogens with one attached hydrogen (secondary N) is 1. The molecule has 0 radical (unpaired) electrons. The number of piperidine rings is 1. The van der Waals surface area contributed by atoms with Gasteiger partial charge in [-0.3, -0.25) is 9.69 Å². The van der Waals surface area contributed by atoms with Crippen LogP contribution < -0.4 is 5.32 Å². The van der Waals surface area contributed by atoms with Gasteiger partial charge in [-0.1, -0.05) is 6.42 Å². The highest BCUT2D eigenvalue weighted by molar-refractivity contribution is 5.78. The number of hydrogen-bond donors (Lipinski definition) is 2. The number of imidazole rings is 1. The van der Waals surface area contributed by atoms with Gasteiger partial charge in [-0.2, -0.15) is 0 Å². The Hall–Kier alpha value is -1.89. The first-order chi connectivity index (χ1) is 11.2. The molecule has 1 aromatic heterocycles. The van der Waals surface area contributed by atoms with E-state index in [2.05, 4.69) is 19.8 Å². The molecule has 4 heterocycles. The zero-order valence-corrected chi connectivity index (χ0v) is 13.2. The van der Waals surface area contributed by atoms with Crippen LogP contribution >= 0.6 is 0 Å². The van der Waals surface area contributed by atoms with E-state index < -0.39 is 5.97 Å². The topological polar surface area (TPSA) is 82.8 Å². The Bertz CT molecular complexity index is 639. The highest BCUT2D eigenvalue weighted by atomic mass is 16.4. The Morgan fingerprint density at radius 1 is 1.26 bits per heavy atom. The Labute approximate surface area is 135 Å². The Morgan fingerprint density at radius 2 is 2.17 bits per heavy atom. The number of anilines is 1. The summed E-state index contributed by atoms with van der Waals surface area (Å²) in [7, 11) is 0. The normalized spacial score (nSPS) is 27.7. The van der Waals surface area contributed by atoms with E-state index in [9.17, 15) is 9.90 Å². The lowest BCUT2D eigenvalue weighted by Crippen LogP contribution is -2.41. The Balaban J connectivity index is 1.63. The van der Waals surface area contributed by atoms with E-state index in [0.717, 1.165) is 49.7 Å². The van der Waals surface area contributed by atoms with Gasteiger partial charge in [0, 0.05) is 26.1 Å². The van der Waals surface area contributed by atoms with E-state index in [0.29, 0.717) is 6.54 Å². The van der Waals surface area contributed by atoms with E-state index in [1.54, 1.807) is 6.34 Å². The molecule has 0 unspecified atom stereocenters. The number of aliphatic carboxylic acids is 1. The molecule has 1 aromatic rings. The lowest BCUT2D eigenvalue weighted by atomic mass is 9.97. The second-order valence-corrected chi connectivity index (χ2v) is 6.69. The lowest BCUT2D eigenvalue weighted by Gasteiger charge is -2.35. The van der Waals surface area contributed by atoms with E-state index in [1.165, 1.54) is 19.3 Å². The zero-order valence-electron chi connectivity index (χ0n) is 13.2. The second-order valence-electron chi connectivity index (χ2n) is 6.69. The molecule has 124 valence electrons. The molecule has 7 heteroatoms.